The number of carbonyl (C=O) groups is 1. The number of anilines is 4. The van der Waals surface area contributed by atoms with Gasteiger partial charge in [-0.25, -0.2) is 9.97 Å². The average Bonchev–Trinajstić information content (AvgIpc) is 2.89. The third kappa shape index (κ3) is 5.34. The fraction of sp³-hybridized carbons (Fsp3) is 0.214. The van der Waals surface area contributed by atoms with Crippen LogP contribution >= 0.6 is 0 Å². The van der Waals surface area contributed by atoms with E-state index in [0.29, 0.717) is 11.6 Å². The summed E-state index contributed by atoms with van der Waals surface area (Å²) in [5, 5.41) is 7.10. The number of carbonyl (C=O) groups excluding carboxylic acids is 1. The first-order chi connectivity index (χ1) is 17.6. The van der Waals surface area contributed by atoms with E-state index in [1.165, 1.54) is 11.8 Å². The molecule has 5 rings (SSSR count). The smallest absolute Gasteiger partial charge is 0.248 e. The molecule has 2 aromatic carbocycles. The molecular formula is C28H29N7O. The van der Waals surface area contributed by atoms with Gasteiger partial charge in [0.2, 0.25) is 11.9 Å². The van der Waals surface area contributed by atoms with Crippen LogP contribution in [0.1, 0.15) is 6.92 Å². The fourth-order valence-corrected chi connectivity index (χ4v) is 4.26. The lowest BCUT2D eigenvalue weighted by Gasteiger charge is -2.34. The molecule has 2 N–H and O–H groups in total. The summed E-state index contributed by atoms with van der Waals surface area (Å²) in [6.07, 6.45) is 6.68. The number of amides is 1. The number of para-hydroxylation sites is 1. The number of likely N-dealkylation sites (N-methyl/N-ethyl adjacent to an activating group) is 1. The molecule has 0 spiro atoms. The molecule has 2 aromatic heterocycles. The molecule has 0 bridgehead atoms. The third-order valence-electron chi connectivity index (χ3n) is 6.22. The zero-order valence-electron chi connectivity index (χ0n) is 20.5. The van der Waals surface area contributed by atoms with Crippen molar-refractivity contribution in [2.75, 3.05) is 48.8 Å². The molecule has 4 aromatic rings. The topological polar surface area (TPSA) is 86.3 Å². The van der Waals surface area contributed by atoms with Crippen molar-refractivity contribution in [3.8, 4) is 11.3 Å². The number of pyridine rings is 1. The fourth-order valence-electron chi connectivity index (χ4n) is 4.26. The molecule has 182 valence electrons. The Bertz CT molecular complexity index is 1390. The van der Waals surface area contributed by atoms with E-state index in [2.05, 4.69) is 61.7 Å². The van der Waals surface area contributed by atoms with E-state index in [4.69, 9.17) is 4.98 Å². The number of fused-ring (bicyclic) bond motifs is 1. The van der Waals surface area contributed by atoms with E-state index in [9.17, 15) is 4.79 Å². The SMILES string of the molecule is CC=CC(=O)Nc1ccnc(-c2cccc3cnc(Nc4ccc(N5CCN(C)CC5)cc4)nc23)c1. The number of aromatic nitrogens is 3. The lowest BCUT2D eigenvalue weighted by Crippen LogP contribution is -2.44. The van der Waals surface area contributed by atoms with Gasteiger partial charge in [-0.2, -0.15) is 0 Å². The molecule has 8 nitrogen and oxygen atoms in total. The molecule has 0 saturated carbocycles. The van der Waals surface area contributed by atoms with Crippen molar-refractivity contribution in [1.82, 2.24) is 19.9 Å². The van der Waals surface area contributed by atoms with E-state index >= 15 is 0 Å². The largest absolute Gasteiger partial charge is 0.369 e. The number of piperazine rings is 1. The maximum Gasteiger partial charge on any atom is 0.248 e. The van der Waals surface area contributed by atoms with E-state index in [1.807, 2.05) is 30.5 Å². The van der Waals surface area contributed by atoms with Gasteiger partial charge in [-0.3, -0.25) is 9.78 Å². The van der Waals surface area contributed by atoms with Gasteiger partial charge in [0.25, 0.3) is 0 Å². The zero-order chi connectivity index (χ0) is 24.9. The third-order valence-corrected chi connectivity index (χ3v) is 6.22. The van der Waals surface area contributed by atoms with Crippen LogP contribution in [0, 0.1) is 0 Å². The second-order valence-corrected chi connectivity index (χ2v) is 8.82. The molecule has 0 atom stereocenters. The van der Waals surface area contributed by atoms with Gasteiger partial charge in [0.15, 0.2) is 0 Å². The highest BCUT2D eigenvalue weighted by Gasteiger charge is 2.14. The molecule has 1 aliphatic heterocycles. The summed E-state index contributed by atoms with van der Waals surface area (Å²) in [5.41, 5.74) is 5.20. The highest BCUT2D eigenvalue weighted by atomic mass is 16.1. The number of nitrogens with one attached hydrogen (secondary N) is 2. The Kier molecular flexibility index (Phi) is 6.86. The second-order valence-electron chi connectivity index (χ2n) is 8.82. The first kappa shape index (κ1) is 23.4. The minimum Gasteiger partial charge on any atom is -0.369 e. The van der Waals surface area contributed by atoms with Crippen molar-refractivity contribution in [2.45, 2.75) is 6.92 Å². The summed E-state index contributed by atoms with van der Waals surface area (Å²) >= 11 is 0. The van der Waals surface area contributed by atoms with E-state index in [1.54, 1.807) is 25.3 Å². The van der Waals surface area contributed by atoms with Crippen LogP contribution < -0.4 is 15.5 Å². The van der Waals surface area contributed by atoms with Crippen molar-refractivity contribution in [1.29, 1.82) is 0 Å². The number of allylic oxidation sites excluding steroid dienone is 1. The Morgan fingerprint density at radius 2 is 1.78 bits per heavy atom. The molecule has 3 heterocycles. The Hall–Kier alpha value is -4.30. The molecule has 1 fully saturated rings. The summed E-state index contributed by atoms with van der Waals surface area (Å²) in [6, 6.07) is 17.9. The summed E-state index contributed by atoms with van der Waals surface area (Å²) in [6.45, 7) is 6.03. The number of hydrogen-bond donors (Lipinski definition) is 2. The molecule has 1 saturated heterocycles. The maximum atomic E-state index is 12.0. The lowest BCUT2D eigenvalue weighted by molar-refractivity contribution is -0.111. The van der Waals surface area contributed by atoms with Gasteiger partial charge < -0.3 is 20.4 Å². The van der Waals surface area contributed by atoms with Crippen molar-refractivity contribution >= 4 is 39.8 Å². The summed E-state index contributed by atoms with van der Waals surface area (Å²) in [4.78, 5) is 30.6. The molecule has 0 radical (unpaired) electrons. The first-order valence-corrected chi connectivity index (χ1v) is 12.1. The Morgan fingerprint density at radius 1 is 0.972 bits per heavy atom. The van der Waals surface area contributed by atoms with Gasteiger partial charge >= 0.3 is 0 Å². The van der Waals surface area contributed by atoms with E-state index < -0.39 is 0 Å². The molecular weight excluding hydrogens is 450 g/mol. The quantitative estimate of drug-likeness (QED) is 0.388. The number of benzene rings is 2. The van der Waals surface area contributed by atoms with E-state index in [0.717, 1.165) is 54.0 Å². The zero-order valence-corrected chi connectivity index (χ0v) is 20.5. The minimum absolute atomic E-state index is 0.181. The van der Waals surface area contributed by atoms with Crippen LogP contribution in [0.25, 0.3) is 22.2 Å². The van der Waals surface area contributed by atoms with Crippen molar-refractivity contribution in [3.63, 3.8) is 0 Å². The van der Waals surface area contributed by atoms with Gasteiger partial charge in [0.05, 0.1) is 11.2 Å². The van der Waals surface area contributed by atoms with E-state index in [-0.39, 0.29) is 5.91 Å². The average molecular weight is 480 g/mol. The maximum absolute atomic E-state index is 12.0. The summed E-state index contributed by atoms with van der Waals surface area (Å²) in [7, 11) is 2.16. The van der Waals surface area contributed by atoms with Gasteiger partial charge in [-0.15, -0.1) is 0 Å². The predicted molar refractivity (Wildman–Crippen MR) is 146 cm³/mol. The number of nitrogens with zero attached hydrogens (tertiary/aromatic N) is 5. The summed E-state index contributed by atoms with van der Waals surface area (Å²) in [5.74, 6) is 0.333. The van der Waals surface area contributed by atoms with Crippen LogP contribution in [0.5, 0.6) is 0 Å². The minimum atomic E-state index is -0.181. The van der Waals surface area contributed by atoms with Gasteiger partial charge in [0.1, 0.15) is 0 Å². The van der Waals surface area contributed by atoms with Crippen LogP contribution in [0.3, 0.4) is 0 Å². The van der Waals surface area contributed by atoms with Crippen LogP contribution in [-0.4, -0.2) is 59.0 Å². The highest BCUT2D eigenvalue weighted by Crippen LogP contribution is 2.28. The molecule has 1 aliphatic rings. The highest BCUT2D eigenvalue weighted by molar-refractivity contribution is 6.00. The number of hydrogen-bond acceptors (Lipinski definition) is 7. The Morgan fingerprint density at radius 3 is 2.56 bits per heavy atom. The summed E-state index contributed by atoms with van der Waals surface area (Å²) < 4.78 is 0. The number of rotatable bonds is 6. The van der Waals surface area contributed by atoms with Crippen LogP contribution in [0.2, 0.25) is 0 Å². The standard InChI is InChI=1S/C28H29N7O/c1-3-5-26(36)31-22-12-13-29-25(18-22)24-7-4-6-20-19-30-28(33-27(20)24)32-21-8-10-23(11-9-21)35-16-14-34(2)15-17-35/h3-13,18-19H,14-17H2,1-2H3,(H,29,31,36)(H,30,32,33). The van der Waals surface area contributed by atoms with Crippen molar-refractivity contribution in [3.05, 3.63) is 79.1 Å². The Balaban J connectivity index is 1.38. The van der Waals surface area contributed by atoms with Crippen LogP contribution in [0.15, 0.2) is 79.1 Å². The van der Waals surface area contributed by atoms with Crippen LogP contribution in [0.4, 0.5) is 23.0 Å². The molecule has 0 unspecified atom stereocenters. The molecule has 36 heavy (non-hydrogen) atoms. The Labute approximate surface area is 210 Å². The normalized spacial score (nSPS) is 14.3. The van der Waals surface area contributed by atoms with Crippen molar-refractivity contribution < 1.29 is 4.79 Å². The molecule has 1 amide bonds. The van der Waals surface area contributed by atoms with Crippen LogP contribution in [-0.2, 0) is 4.79 Å². The first-order valence-electron chi connectivity index (χ1n) is 12.1. The van der Waals surface area contributed by atoms with Gasteiger partial charge in [-0.05, 0) is 56.4 Å². The van der Waals surface area contributed by atoms with Crippen molar-refractivity contribution in [2.24, 2.45) is 0 Å². The van der Waals surface area contributed by atoms with Gasteiger partial charge in [0, 0.05) is 66.6 Å². The molecule has 0 aliphatic carbocycles. The van der Waals surface area contributed by atoms with Gasteiger partial charge in [-0.1, -0.05) is 24.3 Å². The molecule has 8 heteroatoms. The second kappa shape index (κ2) is 10.5. The predicted octanol–water partition coefficient (Wildman–Crippen LogP) is 4.70. The lowest BCUT2D eigenvalue weighted by atomic mass is 10.1. The monoisotopic (exact) mass is 479 g/mol.